The first kappa shape index (κ1) is 12.4. The van der Waals surface area contributed by atoms with Crippen molar-refractivity contribution in [2.45, 2.75) is 17.4 Å². The van der Waals surface area contributed by atoms with E-state index in [1.54, 1.807) is 24.0 Å². The summed E-state index contributed by atoms with van der Waals surface area (Å²) in [4.78, 5) is 14.2. The van der Waals surface area contributed by atoms with Gasteiger partial charge in [0, 0.05) is 4.90 Å². The normalized spacial score (nSPS) is 17.7. The number of benzene rings is 1. The molecule has 0 aliphatic carbocycles. The van der Waals surface area contributed by atoms with Gasteiger partial charge in [-0.25, -0.2) is 4.39 Å². The maximum absolute atomic E-state index is 12.7. The van der Waals surface area contributed by atoms with Crippen LogP contribution >= 0.6 is 11.8 Å². The maximum atomic E-state index is 12.7. The molecule has 17 heavy (non-hydrogen) atoms. The highest BCUT2D eigenvalue weighted by Gasteiger charge is 2.38. The van der Waals surface area contributed by atoms with E-state index in [1.807, 2.05) is 0 Å². The number of hydrogen-bond acceptors (Lipinski definition) is 3. The first-order valence-corrected chi connectivity index (χ1v) is 6.33. The molecule has 92 valence electrons. The predicted molar refractivity (Wildman–Crippen MR) is 64.3 cm³/mol. The summed E-state index contributed by atoms with van der Waals surface area (Å²) < 4.78 is 12.7. The van der Waals surface area contributed by atoms with Crippen LogP contribution < -0.4 is 0 Å². The van der Waals surface area contributed by atoms with Gasteiger partial charge in [-0.3, -0.25) is 4.79 Å². The third kappa shape index (κ3) is 3.20. The molecule has 3 nitrogen and oxygen atoms in total. The van der Waals surface area contributed by atoms with Crippen LogP contribution in [0.1, 0.15) is 6.92 Å². The van der Waals surface area contributed by atoms with Gasteiger partial charge in [-0.05, 0) is 31.2 Å². The number of carbonyl (C=O) groups is 1. The molecule has 2 rings (SSSR count). The number of aliphatic hydroxyl groups is 1. The number of rotatable bonds is 3. The molecule has 1 aliphatic rings. The molecule has 0 atom stereocenters. The van der Waals surface area contributed by atoms with Gasteiger partial charge in [0.2, 0.25) is 5.91 Å². The Hall–Kier alpha value is -1.07. The molecule has 1 aromatic rings. The summed E-state index contributed by atoms with van der Waals surface area (Å²) in [6.45, 7) is 2.51. The topological polar surface area (TPSA) is 40.5 Å². The number of nitrogens with zero attached hydrogens (tertiary/aromatic N) is 1. The van der Waals surface area contributed by atoms with E-state index in [0.29, 0.717) is 18.8 Å². The first-order valence-electron chi connectivity index (χ1n) is 5.35. The summed E-state index contributed by atoms with van der Waals surface area (Å²) in [6, 6.07) is 6.06. The summed E-state index contributed by atoms with van der Waals surface area (Å²) in [5.41, 5.74) is -0.726. The van der Waals surface area contributed by atoms with Gasteiger partial charge in [0.15, 0.2) is 0 Å². The zero-order valence-electron chi connectivity index (χ0n) is 9.52. The molecule has 1 heterocycles. The highest BCUT2D eigenvalue weighted by molar-refractivity contribution is 8.00. The number of thioether (sulfide) groups is 1. The number of carbonyl (C=O) groups excluding carboxylic acids is 1. The molecule has 0 aromatic heterocycles. The molecule has 0 spiro atoms. The van der Waals surface area contributed by atoms with Gasteiger partial charge >= 0.3 is 0 Å². The Bertz CT molecular complexity index is 411. The lowest BCUT2D eigenvalue weighted by molar-refractivity contribution is -0.149. The molecular weight excluding hydrogens is 241 g/mol. The van der Waals surface area contributed by atoms with E-state index in [2.05, 4.69) is 0 Å². The van der Waals surface area contributed by atoms with Crippen LogP contribution in [-0.2, 0) is 4.79 Å². The number of likely N-dealkylation sites (tertiary alicyclic amines) is 1. The van der Waals surface area contributed by atoms with E-state index in [4.69, 9.17) is 0 Å². The second kappa shape index (κ2) is 4.66. The second-order valence-electron chi connectivity index (χ2n) is 4.49. The third-order valence-corrected chi connectivity index (χ3v) is 3.59. The van der Waals surface area contributed by atoms with Crippen molar-refractivity contribution >= 4 is 17.7 Å². The summed E-state index contributed by atoms with van der Waals surface area (Å²) in [5.74, 6) is 0.0483. The van der Waals surface area contributed by atoms with Crippen molar-refractivity contribution in [3.8, 4) is 0 Å². The fraction of sp³-hybridized carbons (Fsp3) is 0.417. The van der Waals surface area contributed by atoms with Crippen molar-refractivity contribution < 1.29 is 14.3 Å². The number of β-amino-alcohol motifs (C(OH)–C–C–N with tert-alkyl or cyclic N) is 1. The standard InChI is InChI=1S/C12H14FNO2S/c1-12(16)7-14(8-12)11(15)6-17-10-4-2-9(13)3-5-10/h2-5,16H,6-8H2,1H3. The van der Waals surface area contributed by atoms with E-state index >= 15 is 0 Å². The lowest BCUT2D eigenvalue weighted by Crippen LogP contribution is -2.62. The summed E-state index contributed by atoms with van der Waals surface area (Å²) >= 11 is 1.38. The summed E-state index contributed by atoms with van der Waals surface area (Å²) in [7, 11) is 0. The average molecular weight is 255 g/mol. The average Bonchev–Trinajstić information content (AvgIpc) is 2.24. The van der Waals surface area contributed by atoms with Gasteiger partial charge in [0.25, 0.3) is 0 Å². The van der Waals surface area contributed by atoms with Crippen molar-refractivity contribution in [2.24, 2.45) is 0 Å². The number of amides is 1. The van der Waals surface area contributed by atoms with E-state index in [-0.39, 0.29) is 11.7 Å². The predicted octanol–water partition coefficient (Wildman–Crippen LogP) is 1.51. The fourth-order valence-corrected chi connectivity index (χ4v) is 2.52. The first-order chi connectivity index (χ1) is 7.96. The molecule has 0 radical (unpaired) electrons. The summed E-state index contributed by atoms with van der Waals surface area (Å²) in [5, 5.41) is 9.51. The van der Waals surface area contributed by atoms with E-state index in [0.717, 1.165) is 4.90 Å². The minimum atomic E-state index is -0.726. The molecular formula is C12H14FNO2S. The molecule has 1 aromatic carbocycles. The maximum Gasteiger partial charge on any atom is 0.233 e. The molecule has 1 saturated heterocycles. The molecule has 0 saturated carbocycles. The van der Waals surface area contributed by atoms with Gasteiger partial charge in [0.05, 0.1) is 24.4 Å². The highest BCUT2D eigenvalue weighted by Crippen LogP contribution is 2.23. The zero-order chi connectivity index (χ0) is 12.5. The molecule has 1 fully saturated rings. The minimum Gasteiger partial charge on any atom is -0.386 e. The Morgan fingerprint density at radius 3 is 2.59 bits per heavy atom. The van der Waals surface area contributed by atoms with Crippen LogP contribution in [0.25, 0.3) is 0 Å². The largest absolute Gasteiger partial charge is 0.386 e. The van der Waals surface area contributed by atoms with E-state index < -0.39 is 5.60 Å². The van der Waals surface area contributed by atoms with Gasteiger partial charge in [-0.2, -0.15) is 0 Å². The van der Waals surface area contributed by atoms with Crippen LogP contribution in [0.5, 0.6) is 0 Å². The van der Waals surface area contributed by atoms with Crippen LogP contribution in [0.15, 0.2) is 29.2 Å². The Labute approximate surface area is 104 Å². The molecule has 1 amide bonds. The second-order valence-corrected chi connectivity index (χ2v) is 5.54. The van der Waals surface area contributed by atoms with E-state index in [9.17, 15) is 14.3 Å². The van der Waals surface area contributed by atoms with Gasteiger partial charge < -0.3 is 10.0 Å². The smallest absolute Gasteiger partial charge is 0.233 e. The Kier molecular flexibility index (Phi) is 3.40. The molecule has 1 N–H and O–H groups in total. The lowest BCUT2D eigenvalue weighted by Gasteiger charge is -2.44. The molecule has 0 unspecified atom stereocenters. The molecule has 5 heteroatoms. The highest BCUT2D eigenvalue weighted by atomic mass is 32.2. The third-order valence-electron chi connectivity index (χ3n) is 2.59. The van der Waals surface area contributed by atoms with Crippen molar-refractivity contribution in [3.05, 3.63) is 30.1 Å². The van der Waals surface area contributed by atoms with Gasteiger partial charge in [-0.1, -0.05) is 0 Å². The van der Waals surface area contributed by atoms with Gasteiger partial charge in [0.1, 0.15) is 5.82 Å². The lowest BCUT2D eigenvalue weighted by atomic mass is 9.97. The van der Waals surface area contributed by atoms with Crippen LogP contribution in [0, 0.1) is 5.82 Å². The van der Waals surface area contributed by atoms with Crippen molar-refractivity contribution in [1.82, 2.24) is 4.90 Å². The van der Waals surface area contributed by atoms with Crippen LogP contribution in [0.4, 0.5) is 4.39 Å². The Morgan fingerprint density at radius 1 is 1.47 bits per heavy atom. The zero-order valence-corrected chi connectivity index (χ0v) is 10.3. The monoisotopic (exact) mass is 255 g/mol. The quantitative estimate of drug-likeness (QED) is 0.832. The number of halogens is 1. The van der Waals surface area contributed by atoms with Crippen LogP contribution in [-0.4, -0.2) is 40.4 Å². The van der Waals surface area contributed by atoms with Crippen molar-refractivity contribution in [3.63, 3.8) is 0 Å². The Morgan fingerprint density at radius 2 is 2.06 bits per heavy atom. The van der Waals surface area contributed by atoms with E-state index in [1.165, 1.54) is 23.9 Å². The Balaban J connectivity index is 1.79. The van der Waals surface area contributed by atoms with Gasteiger partial charge in [-0.15, -0.1) is 11.8 Å². The van der Waals surface area contributed by atoms with Crippen LogP contribution in [0.2, 0.25) is 0 Å². The van der Waals surface area contributed by atoms with Crippen molar-refractivity contribution in [2.75, 3.05) is 18.8 Å². The van der Waals surface area contributed by atoms with Crippen molar-refractivity contribution in [1.29, 1.82) is 0 Å². The minimum absolute atomic E-state index is 0.00542. The summed E-state index contributed by atoms with van der Waals surface area (Å²) in [6.07, 6.45) is 0. The number of hydrogen-bond donors (Lipinski definition) is 1. The molecule has 1 aliphatic heterocycles. The fourth-order valence-electron chi connectivity index (χ4n) is 1.72. The SMILES string of the molecule is CC1(O)CN(C(=O)CSc2ccc(F)cc2)C1. The molecule has 0 bridgehead atoms. The van der Waals surface area contributed by atoms with Crippen LogP contribution in [0.3, 0.4) is 0 Å².